The maximum absolute atomic E-state index is 8.65. The van der Waals surface area contributed by atoms with E-state index in [-0.39, 0.29) is 11.9 Å². The molecule has 0 radical (unpaired) electrons. The van der Waals surface area contributed by atoms with Crippen LogP contribution in [0.4, 0.5) is 0 Å². The Balaban J connectivity index is 2.05. The van der Waals surface area contributed by atoms with E-state index in [1.165, 1.54) is 11.8 Å². The summed E-state index contributed by atoms with van der Waals surface area (Å²) in [5.74, 6) is 0.832. The van der Waals surface area contributed by atoms with E-state index in [1.54, 1.807) is 6.07 Å². The zero-order valence-electron chi connectivity index (χ0n) is 10.2. The van der Waals surface area contributed by atoms with Crippen LogP contribution in [0, 0.1) is 6.92 Å². The summed E-state index contributed by atoms with van der Waals surface area (Å²) in [7, 11) is 0. The highest BCUT2D eigenvalue weighted by atomic mass is 32.2. The number of nitrogens with zero attached hydrogens (tertiary/aromatic N) is 3. The van der Waals surface area contributed by atoms with Crippen molar-refractivity contribution in [3.05, 3.63) is 17.5 Å². The van der Waals surface area contributed by atoms with Crippen LogP contribution in [0.15, 0.2) is 16.4 Å². The molecule has 1 aliphatic heterocycles. The quantitative estimate of drug-likeness (QED) is 0.212. The maximum atomic E-state index is 8.65. The van der Waals surface area contributed by atoms with Crippen LogP contribution in [-0.2, 0) is 4.74 Å². The summed E-state index contributed by atoms with van der Waals surface area (Å²) in [5, 5.41) is 12.2. The van der Waals surface area contributed by atoms with Gasteiger partial charge in [0.25, 0.3) is 0 Å². The van der Waals surface area contributed by atoms with Crippen LogP contribution in [0.5, 0.6) is 0 Å². The van der Waals surface area contributed by atoms with E-state index in [2.05, 4.69) is 15.1 Å². The van der Waals surface area contributed by atoms with Crippen molar-refractivity contribution in [1.29, 1.82) is 0 Å². The van der Waals surface area contributed by atoms with Crippen molar-refractivity contribution >= 4 is 17.6 Å². The van der Waals surface area contributed by atoms with Crippen LogP contribution in [0.2, 0.25) is 0 Å². The first-order valence-electron chi connectivity index (χ1n) is 5.77. The Labute approximate surface area is 110 Å². The first kappa shape index (κ1) is 13.1. The van der Waals surface area contributed by atoms with Gasteiger partial charge in [0.1, 0.15) is 5.69 Å². The molecule has 0 saturated carbocycles. The van der Waals surface area contributed by atoms with Gasteiger partial charge in [-0.25, -0.2) is 9.97 Å². The molecule has 1 aromatic rings. The van der Waals surface area contributed by atoms with Gasteiger partial charge in [-0.1, -0.05) is 16.9 Å². The minimum absolute atomic E-state index is 0.000494. The summed E-state index contributed by atoms with van der Waals surface area (Å²) in [5.41, 5.74) is 6.76. The molecule has 2 rings (SSSR count). The van der Waals surface area contributed by atoms with E-state index in [9.17, 15) is 0 Å². The Morgan fingerprint density at radius 1 is 1.67 bits per heavy atom. The van der Waals surface area contributed by atoms with Gasteiger partial charge in [0.15, 0.2) is 11.0 Å². The second kappa shape index (κ2) is 6.01. The molecule has 0 bridgehead atoms. The summed E-state index contributed by atoms with van der Waals surface area (Å²) in [6.45, 7) is 2.70. The first-order valence-corrected chi connectivity index (χ1v) is 6.75. The zero-order chi connectivity index (χ0) is 13.0. The highest BCUT2D eigenvalue weighted by molar-refractivity contribution is 7.99. The minimum atomic E-state index is -0.000494. The molecule has 1 fully saturated rings. The predicted octanol–water partition coefficient (Wildman–Crippen LogP) is 1.15. The number of ether oxygens (including phenoxy) is 1. The molecule has 0 aromatic carbocycles. The number of rotatable bonds is 4. The predicted molar refractivity (Wildman–Crippen MR) is 69.0 cm³/mol. The van der Waals surface area contributed by atoms with E-state index >= 15 is 0 Å². The Hall–Kier alpha value is -1.34. The van der Waals surface area contributed by atoms with Gasteiger partial charge in [-0.2, -0.15) is 0 Å². The molecule has 2 heterocycles. The Kier molecular flexibility index (Phi) is 4.38. The number of aryl methyl sites for hydroxylation is 1. The molecule has 1 unspecified atom stereocenters. The van der Waals surface area contributed by atoms with Crippen molar-refractivity contribution < 1.29 is 9.94 Å². The Morgan fingerprint density at radius 3 is 3.17 bits per heavy atom. The molecule has 0 aliphatic carbocycles. The highest BCUT2D eigenvalue weighted by Crippen LogP contribution is 2.21. The molecule has 1 aliphatic rings. The van der Waals surface area contributed by atoms with Gasteiger partial charge in [-0.3, -0.25) is 0 Å². The average Bonchev–Trinajstić information content (AvgIpc) is 2.88. The molecule has 7 heteroatoms. The monoisotopic (exact) mass is 268 g/mol. The number of hydrogen-bond acceptors (Lipinski definition) is 6. The molecule has 3 N–H and O–H groups in total. The zero-order valence-corrected chi connectivity index (χ0v) is 11.0. The van der Waals surface area contributed by atoms with Crippen LogP contribution in [0.25, 0.3) is 0 Å². The fourth-order valence-electron chi connectivity index (χ4n) is 1.73. The SMILES string of the molecule is Cc1cc(/C(N)=N/O)nc(SCC2CCCO2)n1. The summed E-state index contributed by atoms with van der Waals surface area (Å²) >= 11 is 1.53. The largest absolute Gasteiger partial charge is 0.409 e. The second-order valence-corrected chi connectivity index (χ2v) is 5.10. The lowest BCUT2D eigenvalue weighted by atomic mass is 10.3. The van der Waals surface area contributed by atoms with Gasteiger partial charge in [0, 0.05) is 18.1 Å². The molecular weight excluding hydrogens is 252 g/mol. The molecule has 1 atom stereocenters. The fourth-order valence-corrected chi connectivity index (χ4v) is 2.70. The lowest BCUT2D eigenvalue weighted by Gasteiger charge is -2.08. The molecule has 98 valence electrons. The van der Waals surface area contributed by atoms with Crippen molar-refractivity contribution in [2.75, 3.05) is 12.4 Å². The molecule has 1 aromatic heterocycles. The first-order chi connectivity index (χ1) is 8.69. The summed E-state index contributed by atoms with van der Waals surface area (Å²) in [6.07, 6.45) is 2.49. The van der Waals surface area contributed by atoms with E-state index < -0.39 is 0 Å². The third-order valence-corrected chi connectivity index (χ3v) is 3.61. The summed E-state index contributed by atoms with van der Waals surface area (Å²) < 4.78 is 5.54. The van der Waals surface area contributed by atoms with Crippen molar-refractivity contribution in [3.63, 3.8) is 0 Å². The standard InChI is InChI=1S/C11H16N4O2S/c1-7-5-9(10(12)15-16)14-11(13-7)18-6-8-3-2-4-17-8/h5,8,16H,2-4,6H2,1H3,(H2,12,15). The van der Waals surface area contributed by atoms with Gasteiger partial charge < -0.3 is 15.7 Å². The number of thioether (sulfide) groups is 1. The minimum Gasteiger partial charge on any atom is -0.409 e. The van der Waals surface area contributed by atoms with Crippen LogP contribution in [0.1, 0.15) is 24.2 Å². The third-order valence-electron chi connectivity index (χ3n) is 2.63. The van der Waals surface area contributed by atoms with Crippen LogP contribution < -0.4 is 5.73 Å². The maximum Gasteiger partial charge on any atom is 0.188 e. The lowest BCUT2D eigenvalue weighted by Crippen LogP contribution is -2.16. The number of amidine groups is 1. The van der Waals surface area contributed by atoms with E-state index in [0.29, 0.717) is 10.9 Å². The van der Waals surface area contributed by atoms with Gasteiger partial charge in [-0.15, -0.1) is 0 Å². The Morgan fingerprint density at radius 2 is 2.50 bits per heavy atom. The van der Waals surface area contributed by atoms with Gasteiger partial charge in [-0.05, 0) is 25.8 Å². The van der Waals surface area contributed by atoms with Crippen LogP contribution in [0.3, 0.4) is 0 Å². The third kappa shape index (κ3) is 3.33. The molecule has 6 nitrogen and oxygen atoms in total. The second-order valence-electron chi connectivity index (χ2n) is 4.11. The number of aromatic nitrogens is 2. The van der Waals surface area contributed by atoms with E-state index in [0.717, 1.165) is 30.9 Å². The van der Waals surface area contributed by atoms with Crippen molar-refractivity contribution in [2.24, 2.45) is 10.9 Å². The van der Waals surface area contributed by atoms with E-state index in [4.69, 9.17) is 15.7 Å². The van der Waals surface area contributed by atoms with Crippen LogP contribution >= 0.6 is 11.8 Å². The summed E-state index contributed by atoms with van der Waals surface area (Å²) in [6, 6.07) is 1.69. The molecule has 18 heavy (non-hydrogen) atoms. The summed E-state index contributed by atoms with van der Waals surface area (Å²) in [4.78, 5) is 8.56. The lowest BCUT2D eigenvalue weighted by molar-refractivity contribution is 0.129. The van der Waals surface area contributed by atoms with Crippen LogP contribution in [-0.4, -0.2) is 39.5 Å². The number of oxime groups is 1. The van der Waals surface area contributed by atoms with E-state index in [1.807, 2.05) is 6.92 Å². The van der Waals surface area contributed by atoms with Gasteiger partial charge in [0.2, 0.25) is 0 Å². The smallest absolute Gasteiger partial charge is 0.188 e. The van der Waals surface area contributed by atoms with Gasteiger partial charge in [0.05, 0.1) is 6.10 Å². The normalized spacial score (nSPS) is 20.3. The Bertz CT molecular complexity index is 447. The highest BCUT2D eigenvalue weighted by Gasteiger charge is 2.16. The van der Waals surface area contributed by atoms with Crippen molar-refractivity contribution in [1.82, 2.24) is 9.97 Å². The van der Waals surface area contributed by atoms with Crippen molar-refractivity contribution in [3.8, 4) is 0 Å². The molecule has 0 spiro atoms. The number of nitrogens with two attached hydrogens (primary N) is 1. The van der Waals surface area contributed by atoms with Crippen molar-refractivity contribution in [2.45, 2.75) is 31.0 Å². The topological polar surface area (TPSA) is 93.6 Å². The number of hydrogen-bond donors (Lipinski definition) is 2. The van der Waals surface area contributed by atoms with Gasteiger partial charge >= 0.3 is 0 Å². The molecule has 0 amide bonds. The molecular formula is C11H16N4O2S. The molecule has 1 saturated heterocycles. The average molecular weight is 268 g/mol. The fraction of sp³-hybridized carbons (Fsp3) is 0.545.